The molecule has 46 heavy (non-hydrogen) atoms. The van der Waals surface area contributed by atoms with Crippen molar-refractivity contribution < 1.29 is 8.78 Å². The van der Waals surface area contributed by atoms with Crippen LogP contribution >= 0.6 is 0 Å². The van der Waals surface area contributed by atoms with Gasteiger partial charge in [-0.1, -0.05) is 74.5 Å². The van der Waals surface area contributed by atoms with Crippen LogP contribution in [0, 0.1) is 0 Å². The highest BCUT2D eigenvalue weighted by atomic mass is 19.3. The summed E-state index contributed by atoms with van der Waals surface area (Å²) in [4.78, 5) is 6.85. The SMILES string of the molecule is CC(C)(C1=CCCC=C1)c1ccnc(-n2c3c(c4ccc(C(F)(F)c5cccc(N6CNc7ccccc76)c5)cc42)CCC=C3)c1. The standard InChI is InChI=1S/C40H36F2N4/c1-39(2,27-11-4-3-5-12-27)28-21-22-43-38(25-28)46-35-17-8-6-15-32(35)33-20-19-30(24-37(33)46)40(41,42)29-13-10-14-31(23-29)45-26-44-34-16-7-9-18-36(34)45/h4,7-14,16-25,44H,3,5-6,15,26H2,1-2H3. The van der Waals surface area contributed by atoms with Gasteiger partial charge in [-0.15, -0.1) is 0 Å². The third-order valence-corrected chi connectivity index (χ3v) is 9.87. The first-order chi connectivity index (χ1) is 22.3. The number of para-hydroxylation sites is 2. The minimum absolute atomic E-state index is 0.0350. The van der Waals surface area contributed by atoms with Crippen LogP contribution in [0.25, 0.3) is 22.8 Å². The molecule has 3 aromatic carbocycles. The summed E-state index contributed by atoms with van der Waals surface area (Å²) >= 11 is 0. The van der Waals surface area contributed by atoms with E-state index in [1.807, 2.05) is 47.5 Å². The van der Waals surface area contributed by atoms with E-state index in [2.05, 4.69) is 66.2 Å². The summed E-state index contributed by atoms with van der Waals surface area (Å²) in [5.74, 6) is -2.47. The second-order valence-electron chi connectivity index (χ2n) is 12.9. The maximum atomic E-state index is 16.5. The molecular weight excluding hydrogens is 574 g/mol. The van der Waals surface area contributed by atoms with Crippen molar-refractivity contribution in [1.29, 1.82) is 0 Å². The summed E-state index contributed by atoms with van der Waals surface area (Å²) in [5.41, 5.74) is 7.79. The van der Waals surface area contributed by atoms with Crippen LogP contribution in [0.15, 0.2) is 115 Å². The van der Waals surface area contributed by atoms with E-state index in [1.54, 1.807) is 24.3 Å². The Morgan fingerprint density at radius 2 is 1.65 bits per heavy atom. The maximum Gasteiger partial charge on any atom is 0.298 e. The predicted octanol–water partition coefficient (Wildman–Crippen LogP) is 10.2. The van der Waals surface area contributed by atoms with Gasteiger partial charge in [-0.3, -0.25) is 4.57 Å². The van der Waals surface area contributed by atoms with Crippen molar-refractivity contribution in [3.63, 3.8) is 0 Å². The van der Waals surface area contributed by atoms with Gasteiger partial charge in [-0.25, -0.2) is 4.98 Å². The number of benzene rings is 3. The van der Waals surface area contributed by atoms with E-state index in [9.17, 15) is 0 Å². The Morgan fingerprint density at radius 1 is 0.804 bits per heavy atom. The minimum Gasteiger partial charge on any atom is -0.366 e. The molecule has 230 valence electrons. The molecule has 0 fully saturated rings. The molecule has 0 saturated heterocycles. The van der Waals surface area contributed by atoms with E-state index in [0.717, 1.165) is 70.7 Å². The number of alkyl halides is 2. The molecule has 8 rings (SSSR count). The van der Waals surface area contributed by atoms with Crippen molar-refractivity contribution in [1.82, 2.24) is 9.55 Å². The number of hydrogen-bond acceptors (Lipinski definition) is 3. The lowest BCUT2D eigenvalue weighted by Crippen LogP contribution is -2.21. The van der Waals surface area contributed by atoms with Gasteiger partial charge >= 0.3 is 0 Å². The molecule has 0 bridgehead atoms. The smallest absolute Gasteiger partial charge is 0.298 e. The molecule has 0 amide bonds. The van der Waals surface area contributed by atoms with Crippen molar-refractivity contribution in [2.45, 2.75) is 50.9 Å². The molecule has 3 aliphatic rings. The summed E-state index contributed by atoms with van der Waals surface area (Å²) in [7, 11) is 0. The third kappa shape index (κ3) is 4.58. The van der Waals surface area contributed by atoms with Crippen LogP contribution in [-0.2, 0) is 17.8 Å². The van der Waals surface area contributed by atoms with E-state index in [-0.39, 0.29) is 16.5 Å². The first-order valence-electron chi connectivity index (χ1n) is 16.1. The number of nitrogens with zero attached hydrogens (tertiary/aromatic N) is 3. The molecule has 0 unspecified atom stereocenters. The van der Waals surface area contributed by atoms with Crippen LogP contribution in [0.3, 0.4) is 0 Å². The van der Waals surface area contributed by atoms with Gasteiger partial charge in [0.25, 0.3) is 5.92 Å². The van der Waals surface area contributed by atoms with Crippen molar-refractivity contribution >= 4 is 34.0 Å². The fourth-order valence-corrected chi connectivity index (χ4v) is 7.22. The Bertz CT molecular complexity index is 2080. The number of halogens is 2. The van der Waals surface area contributed by atoms with Crippen LogP contribution in [0.1, 0.15) is 61.1 Å². The van der Waals surface area contributed by atoms with Crippen LogP contribution in [-0.4, -0.2) is 16.2 Å². The highest BCUT2D eigenvalue weighted by molar-refractivity contribution is 5.91. The van der Waals surface area contributed by atoms with Gasteiger partial charge in [0, 0.05) is 33.8 Å². The monoisotopic (exact) mass is 610 g/mol. The number of aromatic nitrogens is 2. The van der Waals surface area contributed by atoms with E-state index >= 15 is 8.78 Å². The molecular formula is C40H36F2N4. The lowest BCUT2D eigenvalue weighted by Gasteiger charge is -2.29. The largest absolute Gasteiger partial charge is 0.366 e. The van der Waals surface area contributed by atoms with Crippen molar-refractivity contribution in [3.8, 4) is 5.82 Å². The maximum absolute atomic E-state index is 16.5. The van der Waals surface area contributed by atoms with Gasteiger partial charge in [-0.2, -0.15) is 8.78 Å². The average Bonchev–Trinajstić information content (AvgIpc) is 3.68. The quantitative estimate of drug-likeness (QED) is 0.208. The average molecular weight is 611 g/mol. The molecule has 3 heterocycles. The summed E-state index contributed by atoms with van der Waals surface area (Å²) in [6, 6.07) is 24.0. The van der Waals surface area contributed by atoms with Crippen LogP contribution in [0.4, 0.5) is 25.8 Å². The van der Waals surface area contributed by atoms with Crippen molar-refractivity contribution in [3.05, 3.63) is 143 Å². The summed E-state index contributed by atoms with van der Waals surface area (Å²) in [5, 5.41) is 4.35. The first-order valence-corrected chi connectivity index (χ1v) is 16.1. The number of fused-ring (bicyclic) bond motifs is 4. The minimum atomic E-state index is -3.21. The number of hydrogen-bond donors (Lipinski definition) is 1. The summed E-state index contributed by atoms with van der Waals surface area (Å²) in [6.07, 6.45) is 16.8. The van der Waals surface area contributed by atoms with E-state index < -0.39 is 5.92 Å². The zero-order valence-electron chi connectivity index (χ0n) is 26.1. The molecule has 6 heteroatoms. The zero-order valence-corrected chi connectivity index (χ0v) is 26.1. The number of pyridine rings is 1. The topological polar surface area (TPSA) is 33.1 Å². The molecule has 2 aliphatic carbocycles. The molecule has 4 nitrogen and oxygen atoms in total. The van der Waals surface area contributed by atoms with Crippen molar-refractivity contribution in [2.24, 2.45) is 0 Å². The number of rotatable bonds is 6. The molecule has 0 atom stereocenters. The lowest BCUT2D eigenvalue weighted by atomic mass is 9.76. The van der Waals surface area contributed by atoms with E-state index in [0.29, 0.717) is 6.67 Å². The fourth-order valence-electron chi connectivity index (χ4n) is 7.22. The second-order valence-corrected chi connectivity index (χ2v) is 12.9. The van der Waals surface area contributed by atoms with E-state index in [4.69, 9.17) is 4.98 Å². The van der Waals surface area contributed by atoms with Crippen molar-refractivity contribution in [2.75, 3.05) is 16.9 Å². The highest BCUT2D eigenvalue weighted by Crippen LogP contribution is 2.43. The van der Waals surface area contributed by atoms with Gasteiger partial charge in [-0.05, 0) is 90.9 Å². The number of anilines is 3. The van der Waals surface area contributed by atoms with Gasteiger partial charge in [0.1, 0.15) is 5.82 Å². The van der Waals surface area contributed by atoms with Crippen LogP contribution in [0.2, 0.25) is 0 Å². The van der Waals surface area contributed by atoms with Crippen LogP contribution < -0.4 is 10.2 Å². The molecule has 1 aliphatic heterocycles. The number of allylic oxidation sites excluding steroid dienone is 5. The zero-order chi connectivity index (χ0) is 31.5. The Labute approximate surface area is 268 Å². The van der Waals surface area contributed by atoms with Gasteiger partial charge in [0.15, 0.2) is 0 Å². The molecule has 1 N–H and O–H groups in total. The molecule has 0 radical (unpaired) electrons. The number of nitrogens with one attached hydrogen (secondary N) is 1. The second kappa shape index (κ2) is 10.8. The van der Waals surface area contributed by atoms with Gasteiger partial charge in [0.2, 0.25) is 0 Å². The van der Waals surface area contributed by atoms with Gasteiger partial charge in [0.05, 0.1) is 29.3 Å². The number of aryl methyl sites for hydroxylation is 1. The first kappa shape index (κ1) is 28.5. The van der Waals surface area contributed by atoms with E-state index in [1.165, 1.54) is 17.2 Å². The Hall–Kier alpha value is -4.97. The Morgan fingerprint density at radius 3 is 2.52 bits per heavy atom. The lowest BCUT2D eigenvalue weighted by molar-refractivity contribution is 0.0430. The summed E-state index contributed by atoms with van der Waals surface area (Å²) in [6.45, 7) is 5.00. The third-order valence-electron chi connectivity index (χ3n) is 9.87. The normalized spacial score (nSPS) is 15.9. The predicted molar refractivity (Wildman–Crippen MR) is 184 cm³/mol. The molecule has 0 spiro atoms. The molecule has 5 aromatic rings. The van der Waals surface area contributed by atoms with Gasteiger partial charge < -0.3 is 10.2 Å². The Balaban J connectivity index is 1.23. The highest BCUT2D eigenvalue weighted by Gasteiger charge is 2.36. The molecule has 2 aromatic heterocycles. The Kier molecular flexibility index (Phi) is 6.71. The fraction of sp³-hybridized carbons (Fsp3) is 0.225. The summed E-state index contributed by atoms with van der Waals surface area (Å²) < 4.78 is 35.2. The molecule has 0 saturated carbocycles. The van der Waals surface area contributed by atoms with Crippen LogP contribution in [0.5, 0.6) is 0 Å².